The van der Waals surface area contributed by atoms with Gasteiger partial charge in [0.1, 0.15) is 0 Å². The molecule has 0 aromatic carbocycles. The number of rotatable bonds is 1. The van der Waals surface area contributed by atoms with Crippen LogP contribution in [0.4, 0.5) is 0 Å². The van der Waals surface area contributed by atoms with E-state index in [-0.39, 0.29) is 0 Å². The summed E-state index contributed by atoms with van der Waals surface area (Å²) in [4.78, 5) is 0. The molecule has 1 spiro atoms. The highest BCUT2D eigenvalue weighted by molar-refractivity contribution is 5.02. The van der Waals surface area contributed by atoms with Gasteiger partial charge in [-0.2, -0.15) is 0 Å². The van der Waals surface area contributed by atoms with Crippen LogP contribution >= 0.6 is 0 Å². The summed E-state index contributed by atoms with van der Waals surface area (Å²) < 4.78 is 0. The molecule has 2 saturated carbocycles. The van der Waals surface area contributed by atoms with E-state index in [9.17, 15) is 0 Å². The van der Waals surface area contributed by atoms with E-state index >= 15 is 0 Å². The monoisotopic (exact) mass is 153 g/mol. The van der Waals surface area contributed by atoms with Gasteiger partial charge in [-0.05, 0) is 43.9 Å². The Hall–Kier alpha value is -0.0400. The third-order valence-corrected chi connectivity index (χ3v) is 3.75. The molecule has 0 aromatic heterocycles. The molecule has 0 saturated heterocycles. The average Bonchev–Trinajstić information content (AvgIpc) is 2.70. The van der Waals surface area contributed by atoms with Gasteiger partial charge in [-0.25, -0.2) is 0 Å². The van der Waals surface area contributed by atoms with Crippen molar-refractivity contribution in [2.24, 2.45) is 17.1 Å². The Morgan fingerprint density at radius 1 is 1.27 bits per heavy atom. The molecule has 2 aliphatic carbocycles. The maximum Gasteiger partial charge on any atom is 0.00440 e. The third-order valence-electron chi connectivity index (χ3n) is 3.75. The molecule has 64 valence electrons. The van der Waals surface area contributed by atoms with Crippen LogP contribution in [0.25, 0.3) is 0 Å². The first-order valence-electron chi connectivity index (χ1n) is 5.00. The molecule has 0 amide bonds. The molecule has 2 atom stereocenters. The Morgan fingerprint density at radius 3 is 2.45 bits per heavy atom. The molecule has 2 fully saturated rings. The molecule has 0 bridgehead atoms. The van der Waals surface area contributed by atoms with Crippen molar-refractivity contribution in [3.8, 4) is 0 Å². The van der Waals surface area contributed by atoms with Gasteiger partial charge in [0.2, 0.25) is 0 Å². The van der Waals surface area contributed by atoms with Gasteiger partial charge in [0, 0.05) is 6.04 Å². The second-order valence-electron chi connectivity index (χ2n) is 4.57. The fraction of sp³-hybridized carbons (Fsp3) is 1.00. The van der Waals surface area contributed by atoms with Crippen LogP contribution in [-0.4, -0.2) is 6.04 Å². The Bertz CT molecular complexity index is 147. The van der Waals surface area contributed by atoms with Gasteiger partial charge in [-0.3, -0.25) is 0 Å². The zero-order valence-electron chi connectivity index (χ0n) is 7.47. The van der Waals surface area contributed by atoms with Crippen molar-refractivity contribution in [2.45, 2.75) is 51.5 Å². The predicted molar refractivity (Wildman–Crippen MR) is 47.3 cm³/mol. The van der Waals surface area contributed by atoms with E-state index in [1.165, 1.54) is 38.5 Å². The van der Waals surface area contributed by atoms with Gasteiger partial charge < -0.3 is 5.73 Å². The fourth-order valence-corrected chi connectivity index (χ4v) is 2.93. The lowest BCUT2D eigenvalue weighted by Gasteiger charge is -2.34. The summed E-state index contributed by atoms with van der Waals surface area (Å²) in [6.07, 6.45) is 8.70. The van der Waals surface area contributed by atoms with E-state index in [2.05, 4.69) is 6.92 Å². The van der Waals surface area contributed by atoms with Crippen LogP contribution in [0.1, 0.15) is 45.4 Å². The minimum absolute atomic E-state index is 0.442. The fourth-order valence-electron chi connectivity index (χ4n) is 2.93. The van der Waals surface area contributed by atoms with E-state index in [1.807, 2.05) is 0 Å². The summed E-state index contributed by atoms with van der Waals surface area (Å²) >= 11 is 0. The van der Waals surface area contributed by atoms with Gasteiger partial charge >= 0.3 is 0 Å². The van der Waals surface area contributed by atoms with Crippen molar-refractivity contribution in [3.63, 3.8) is 0 Å². The molecule has 0 aromatic rings. The van der Waals surface area contributed by atoms with Crippen molar-refractivity contribution in [1.82, 2.24) is 0 Å². The van der Waals surface area contributed by atoms with E-state index in [0.717, 1.165) is 11.3 Å². The highest BCUT2D eigenvalue weighted by atomic mass is 14.7. The van der Waals surface area contributed by atoms with Gasteiger partial charge in [0.05, 0.1) is 0 Å². The largest absolute Gasteiger partial charge is 0.328 e. The third kappa shape index (κ3) is 1.20. The normalized spacial score (nSPS) is 37.1. The van der Waals surface area contributed by atoms with Crippen LogP contribution < -0.4 is 5.73 Å². The van der Waals surface area contributed by atoms with Crippen LogP contribution in [0.3, 0.4) is 0 Å². The standard InChI is InChI=1S/C10H19N/c1-8(11)9-4-2-3-5-10(9)6-7-10/h8-9H,2-7,11H2,1H3. The second-order valence-corrected chi connectivity index (χ2v) is 4.57. The highest BCUT2D eigenvalue weighted by Gasteiger charge is 2.50. The minimum Gasteiger partial charge on any atom is -0.328 e. The van der Waals surface area contributed by atoms with Crippen molar-refractivity contribution < 1.29 is 0 Å². The van der Waals surface area contributed by atoms with Gasteiger partial charge in [0.25, 0.3) is 0 Å². The first kappa shape index (κ1) is 7.60. The molecule has 0 heterocycles. The number of nitrogens with two attached hydrogens (primary N) is 1. The second kappa shape index (κ2) is 2.48. The zero-order valence-corrected chi connectivity index (χ0v) is 7.47. The van der Waals surface area contributed by atoms with Gasteiger partial charge in [-0.15, -0.1) is 0 Å². The molecule has 0 radical (unpaired) electrons. The van der Waals surface area contributed by atoms with Crippen LogP contribution in [0, 0.1) is 11.3 Å². The van der Waals surface area contributed by atoms with E-state index in [1.54, 1.807) is 0 Å². The Morgan fingerprint density at radius 2 is 2.00 bits per heavy atom. The van der Waals surface area contributed by atoms with E-state index < -0.39 is 0 Å². The van der Waals surface area contributed by atoms with Crippen molar-refractivity contribution in [2.75, 3.05) is 0 Å². The van der Waals surface area contributed by atoms with Crippen molar-refractivity contribution in [1.29, 1.82) is 0 Å². The van der Waals surface area contributed by atoms with Crippen LogP contribution in [0.5, 0.6) is 0 Å². The molecular weight excluding hydrogens is 134 g/mol. The predicted octanol–water partition coefficient (Wildman–Crippen LogP) is 2.30. The van der Waals surface area contributed by atoms with Gasteiger partial charge in [-0.1, -0.05) is 12.8 Å². The number of hydrogen-bond acceptors (Lipinski definition) is 1. The number of hydrogen-bond donors (Lipinski definition) is 1. The van der Waals surface area contributed by atoms with E-state index in [4.69, 9.17) is 5.73 Å². The first-order valence-corrected chi connectivity index (χ1v) is 5.00. The van der Waals surface area contributed by atoms with Crippen LogP contribution in [-0.2, 0) is 0 Å². The van der Waals surface area contributed by atoms with Gasteiger partial charge in [0.15, 0.2) is 0 Å². The minimum atomic E-state index is 0.442. The Kier molecular flexibility index (Phi) is 1.71. The molecule has 2 unspecified atom stereocenters. The summed E-state index contributed by atoms with van der Waals surface area (Å²) in [6.45, 7) is 2.19. The first-order chi connectivity index (χ1) is 5.25. The summed E-state index contributed by atoms with van der Waals surface area (Å²) in [5, 5.41) is 0. The average molecular weight is 153 g/mol. The summed E-state index contributed by atoms with van der Waals surface area (Å²) in [7, 11) is 0. The molecule has 2 N–H and O–H groups in total. The SMILES string of the molecule is CC(N)C1CCCCC12CC2. The van der Waals surface area contributed by atoms with E-state index in [0.29, 0.717) is 6.04 Å². The smallest absolute Gasteiger partial charge is 0.00440 e. The Balaban J connectivity index is 2.04. The summed E-state index contributed by atoms with van der Waals surface area (Å²) in [6, 6.07) is 0.442. The van der Waals surface area contributed by atoms with Crippen LogP contribution in [0.2, 0.25) is 0 Å². The Labute approximate surface area is 69.4 Å². The summed E-state index contributed by atoms with van der Waals surface area (Å²) in [5.74, 6) is 0.858. The van der Waals surface area contributed by atoms with Crippen molar-refractivity contribution in [3.05, 3.63) is 0 Å². The topological polar surface area (TPSA) is 26.0 Å². The molecule has 0 aliphatic heterocycles. The van der Waals surface area contributed by atoms with Crippen molar-refractivity contribution >= 4 is 0 Å². The lowest BCUT2D eigenvalue weighted by Crippen LogP contribution is -2.35. The molecule has 1 heteroatoms. The molecular formula is C10H19N. The molecule has 11 heavy (non-hydrogen) atoms. The zero-order chi connectivity index (χ0) is 7.90. The highest BCUT2D eigenvalue weighted by Crippen LogP contribution is 2.60. The van der Waals surface area contributed by atoms with Crippen LogP contribution in [0.15, 0.2) is 0 Å². The lowest BCUT2D eigenvalue weighted by atomic mass is 9.73. The molecule has 2 rings (SSSR count). The maximum atomic E-state index is 5.98. The maximum absolute atomic E-state index is 5.98. The quantitative estimate of drug-likeness (QED) is 0.614. The lowest BCUT2D eigenvalue weighted by molar-refractivity contribution is 0.186. The summed E-state index contributed by atoms with van der Waals surface area (Å²) in [5.41, 5.74) is 6.73. The molecule has 1 nitrogen and oxygen atoms in total. The molecule has 2 aliphatic rings.